The van der Waals surface area contributed by atoms with E-state index in [9.17, 15) is 9.90 Å². The summed E-state index contributed by atoms with van der Waals surface area (Å²) in [6.07, 6.45) is 0.321. The zero-order valence-corrected chi connectivity index (χ0v) is 12.0. The van der Waals surface area contributed by atoms with Crippen molar-refractivity contribution in [2.24, 2.45) is 0 Å². The van der Waals surface area contributed by atoms with E-state index in [4.69, 9.17) is 9.26 Å². The first-order valence-electron chi connectivity index (χ1n) is 6.28. The van der Waals surface area contributed by atoms with E-state index >= 15 is 0 Å². The van der Waals surface area contributed by atoms with Gasteiger partial charge in [0.05, 0.1) is 18.4 Å². The Kier molecular flexibility index (Phi) is 5.98. The molecule has 19 heavy (non-hydrogen) atoms. The number of amides is 1. The summed E-state index contributed by atoms with van der Waals surface area (Å²) < 4.78 is 9.88. The molecule has 1 heterocycles. The molecule has 1 amide bonds. The summed E-state index contributed by atoms with van der Waals surface area (Å²) >= 11 is 0. The molecule has 6 heteroatoms. The monoisotopic (exact) mass is 270 g/mol. The number of carbonyl (C=O) groups excluding carboxylic acids is 1. The number of hydrogen-bond acceptors (Lipinski definition) is 5. The second-order valence-electron chi connectivity index (χ2n) is 4.69. The van der Waals surface area contributed by atoms with E-state index in [0.717, 1.165) is 17.0 Å². The molecule has 1 N–H and O–H groups in total. The third kappa shape index (κ3) is 4.65. The number of carbonyl (C=O) groups is 1. The smallest absolute Gasteiger partial charge is 0.222 e. The molecule has 1 rings (SSSR count). The number of methoxy groups -OCH3 is 1. The lowest BCUT2D eigenvalue weighted by Gasteiger charge is -2.20. The largest absolute Gasteiger partial charge is 0.389 e. The maximum atomic E-state index is 11.9. The van der Waals surface area contributed by atoms with Crippen LogP contribution in [0.15, 0.2) is 4.52 Å². The molecule has 0 bridgehead atoms. The predicted octanol–water partition coefficient (Wildman–Crippen LogP) is 0.690. The maximum Gasteiger partial charge on any atom is 0.222 e. The number of aliphatic hydroxyl groups excluding tert-OH is 1. The zero-order chi connectivity index (χ0) is 14.4. The van der Waals surface area contributed by atoms with Crippen molar-refractivity contribution in [2.45, 2.75) is 32.8 Å². The second kappa shape index (κ2) is 7.25. The fourth-order valence-corrected chi connectivity index (χ4v) is 1.94. The van der Waals surface area contributed by atoms with Crippen LogP contribution in [0.5, 0.6) is 0 Å². The highest BCUT2D eigenvalue weighted by atomic mass is 16.5. The topological polar surface area (TPSA) is 75.8 Å². The molecule has 0 aliphatic carbocycles. The molecule has 1 atom stereocenters. The first-order valence-corrected chi connectivity index (χ1v) is 6.28. The summed E-state index contributed by atoms with van der Waals surface area (Å²) in [4.78, 5) is 13.4. The van der Waals surface area contributed by atoms with Gasteiger partial charge in [-0.25, -0.2) is 0 Å². The van der Waals surface area contributed by atoms with Gasteiger partial charge in [0.1, 0.15) is 5.76 Å². The lowest BCUT2D eigenvalue weighted by atomic mass is 10.1. The number of nitrogens with zero attached hydrogens (tertiary/aromatic N) is 2. The quantitative estimate of drug-likeness (QED) is 0.789. The Balaban J connectivity index is 2.43. The maximum absolute atomic E-state index is 11.9. The van der Waals surface area contributed by atoms with Gasteiger partial charge in [0.2, 0.25) is 5.91 Å². The molecule has 0 spiro atoms. The van der Waals surface area contributed by atoms with Crippen molar-refractivity contribution < 1.29 is 19.2 Å². The number of rotatable bonds is 7. The van der Waals surface area contributed by atoms with E-state index in [1.54, 1.807) is 7.05 Å². The Morgan fingerprint density at radius 1 is 1.53 bits per heavy atom. The van der Waals surface area contributed by atoms with Crippen molar-refractivity contribution in [1.82, 2.24) is 10.1 Å². The predicted molar refractivity (Wildman–Crippen MR) is 69.8 cm³/mol. The van der Waals surface area contributed by atoms with Gasteiger partial charge in [-0.1, -0.05) is 5.16 Å². The van der Waals surface area contributed by atoms with Gasteiger partial charge >= 0.3 is 0 Å². The van der Waals surface area contributed by atoms with Gasteiger partial charge in [0.15, 0.2) is 0 Å². The van der Waals surface area contributed by atoms with Crippen LogP contribution in [0.2, 0.25) is 0 Å². The molecule has 0 aliphatic rings. The Morgan fingerprint density at radius 3 is 2.74 bits per heavy atom. The highest BCUT2D eigenvalue weighted by Crippen LogP contribution is 2.14. The first kappa shape index (κ1) is 15.7. The normalized spacial score (nSPS) is 12.5. The number of aromatic nitrogens is 1. The third-order valence-electron chi connectivity index (χ3n) is 3.04. The van der Waals surface area contributed by atoms with Crippen LogP contribution in [0.1, 0.15) is 23.4 Å². The Hall–Kier alpha value is -1.40. The SMILES string of the molecule is COCC(O)CN(C)C(=O)CCc1c(C)noc1C. The van der Waals surface area contributed by atoms with Gasteiger partial charge in [-0.15, -0.1) is 0 Å². The molecule has 0 radical (unpaired) electrons. The molecule has 0 aromatic carbocycles. The second-order valence-corrected chi connectivity index (χ2v) is 4.69. The van der Waals surface area contributed by atoms with Crippen LogP contribution in [0, 0.1) is 13.8 Å². The summed E-state index contributed by atoms with van der Waals surface area (Å²) in [5.74, 6) is 0.738. The molecule has 1 unspecified atom stereocenters. The van der Waals surface area contributed by atoms with Crippen LogP contribution < -0.4 is 0 Å². The van der Waals surface area contributed by atoms with Crippen LogP contribution in [0.4, 0.5) is 0 Å². The Labute approximate surface area is 113 Å². The van der Waals surface area contributed by atoms with Crippen LogP contribution in [0.25, 0.3) is 0 Å². The van der Waals surface area contributed by atoms with E-state index in [1.807, 2.05) is 13.8 Å². The zero-order valence-electron chi connectivity index (χ0n) is 12.0. The molecule has 1 aromatic rings. The third-order valence-corrected chi connectivity index (χ3v) is 3.04. The van der Waals surface area contributed by atoms with Crippen LogP contribution in [0.3, 0.4) is 0 Å². The lowest BCUT2D eigenvalue weighted by Crippen LogP contribution is -2.36. The number of aliphatic hydroxyl groups is 1. The van der Waals surface area contributed by atoms with E-state index in [2.05, 4.69) is 5.16 Å². The number of ether oxygens (including phenoxy) is 1. The van der Waals surface area contributed by atoms with Gasteiger partial charge in [-0.05, 0) is 20.3 Å². The van der Waals surface area contributed by atoms with Crippen molar-refractivity contribution >= 4 is 5.91 Å². The van der Waals surface area contributed by atoms with E-state index in [1.165, 1.54) is 12.0 Å². The Morgan fingerprint density at radius 2 is 2.21 bits per heavy atom. The number of likely N-dealkylation sites (N-methyl/N-ethyl adjacent to an activating group) is 1. The molecule has 1 aromatic heterocycles. The minimum Gasteiger partial charge on any atom is -0.389 e. The molecular formula is C13H22N2O4. The lowest BCUT2D eigenvalue weighted by molar-refractivity contribution is -0.131. The first-order chi connectivity index (χ1) is 8.95. The fraction of sp³-hybridized carbons (Fsp3) is 0.692. The average Bonchev–Trinajstić information content (AvgIpc) is 2.66. The van der Waals surface area contributed by atoms with Crippen molar-refractivity contribution in [1.29, 1.82) is 0 Å². The molecule has 0 saturated heterocycles. The Bertz CT molecular complexity index is 397. The molecule has 0 aliphatic heterocycles. The summed E-state index contributed by atoms with van der Waals surface area (Å²) in [6.45, 7) is 4.20. The fourth-order valence-electron chi connectivity index (χ4n) is 1.94. The van der Waals surface area contributed by atoms with Gasteiger partial charge in [-0.2, -0.15) is 0 Å². The number of hydrogen-bond donors (Lipinski definition) is 1. The summed E-state index contributed by atoms with van der Waals surface area (Å²) in [7, 11) is 3.19. The highest BCUT2D eigenvalue weighted by Gasteiger charge is 2.16. The van der Waals surface area contributed by atoms with E-state index in [0.29, 0.717) is 12.8 Å². The standard InChI is InChI=1S/C13H22N2O4/c1-9-12(10(2)19-14-9)5-6-13(17)15(3)7-11(16)8-18-4/h11,16H,5-8H2,1-4H3. The van der Waals surface area contributed by atoms with Crippen molar-refractivity contribution in [3.63, 3.8) is 0 Å². The molecular weight excluding hydrogens is 248 g/mol. The van der Waals surface area contributed by atoms with Gasteiger partial charge in [0.25, 0.3) is 0 Å². The molecule has 0 fully saturated rings. The number of aryl methyl sites for hydroxylation is 2. The van der Waals surface area contributed by atoms with Gasteiger partial charge in [-0.3, -0.25) is 4.79 Å². The van der Waals surface area contributed by atoms with Crippen LogP contribution in [-0.2, 0) is 16.0 Å². The van der Waals surface area contributed by atoms with Crippen LogP contribution in [-0.4, -0.2) is 54.5 Å². The average molecular weight is 270 g/mol. The van der Waals surface area contributed by atoms with E-state index < -0.39 is 6.10 Å². The minimum atomic E-state index is -0.655. The van der Waals surface area contributed by atoms with E-state index in [-0.39, 0.29) is 19.1 Å². The van der Waals surface area contributed by atoms with Crippen LogP contribution >= 0.6 is 0 Å². The highest BCUT2D eigenvalue weighted by molar-refractivity contribution is 5.76. The summed E-state index contributed by atoms with van der Waals surface area (Å²) in [5.41, 5.74) is 1.81. The van der Waals surface area contributed by atoms with Gasteiger partial charge < -0.3 is 19.3 Å². The summed E-state index contributed by atoms with van der Waals surface area (Å²) in [5, 5.41) is 13.4. The minimum absolute atomic E-state index is 0.0184. The molecule has 6 nitrogen and oxygen atoms in total. The summed E-state index contributed by atoms with van der Waals surface area (Å²) in [6, 6.07) is 0. The van der Waals surface area contributed by atoms with Gasteiger partial charge in [0, 0.05) is 32.7 Å². The molecule has 108 valence electrons. The van der Waals surface area contributed by atoms with Crippen molar-refractivity contribution in [3.8, 4) is 0 Å². The molecule has 0 saturated carbocycles. The van der Waals surface area contributed by atoms with Crippen molar-refractivity contribution in [2.75, 3.05) is 27.3 Å². The van der Waals surface area contributed by atoms with Crippen molar-refractivity contribution in [3.05, 3.63) is 17.0 Å².